The van der Waals surface area contributed by atoms with E-state index in [-0.39, 0.29) is 22.0 Å². The maximum Gasteiger partial charge on any atom is 0.345 e. The fourth-order valence-corrected chi connectivity index (χ4v) is 4.31. The van der Waals surface area contributed by atoms with E-state index in [4.69, 9.17) is 32.7 Å². The standard InChI is InChI=1S/C24H22Cl2O4/c1-23(2,3)15-9-11(25)7-13-17(21(27)29-19(13)15)18-14-8-12(26)10-16(24(4,5)6)20(14)30-22(18)28/h7-10H,1-6H3. The van der Waals surface area contributed by atoms with Crippen molar-refractivity contribution in [3.63, 3.8) is 0 Å². The minimum Gasteiger partial charge on any atom is -0.422 e. The normalized spacial score (nSPS) is 18.3. The Balaban J connectivity index is 2.06. The van der Waals surface area contributed by atoms with Crippen molar-refractivity contribution in [3.05, 3.63) is 56.6 Å². The lowest BCUT2D eigenvalue weighted by atomic mass is 9.83. The van der Waals surface area contributed by atoms with E-state index in [0.717, 1.165) is 11.1 Å². The molecule has 0 fully saturated rings. The molecule has 0 amide bonds. The van der Waals surface area contributed by atoms with Crippen LogP contribution in [0.25, 0.3) is 11.1 Å². The second kappa shape index (κ2) is 6.60. The Hall–Kier alpha value is -2.30. The van der Waals surface area contributed by atoms with E-state index in [0.29, 0.717) is 32.7 Å². The molecule has 2 aliphatic rings. The first-order valence-corrected chi connectivity index (χ1v) is 10.4. The number of rotatable bonds is 0. The lowest BCUT2D eigenvalue weighted by molar-refractivity contribution is -0.129. The molecule has 2 aromatic rings. The van der Waals surface area contributed by atoms with Gasteiger partial charge < -0.3 is 9.47 Å². The van der Waals surface area contributed by atoms with Crippen molar-refractivity contribution < 1.29 is 19.1 Å². The monoisotopic (exact) mass is 444 g/mol. The smallest absolute Gasteiger partial charge is 0.345 e. The number of fused-ring (bicyclic) bond motifs is 2. The molecule has 0 spiro atoms. The average molecular weight is 445 g/mol. The summed E-state index contributed by atoms with van der Waals surface area (Å²) in [6.45, 7) is 12.0. The first-order valence-electron chi connectivity index (χ1n) is 9.66. The Morgan fingerprint density at radius 2 is 0.967 bits per heavy atom. The van der Waals surface area contributed by atoms with Crippen LogP contribution >= 0.6 is 23.2 Å². The van der Waals surface area contributed by atoms with Crippen molar-refractivity contribution in [1.29, 1.82) is 0 Å². The van der Waals surface area contributed by atoms with Gasteiger partial charge in [-0.1, -0.05) is 64.7 Å². The number of ether oxygens (including phenoxy) is 2. The number of benzene rings is 2. The van der Waals surface area contributed by atoms with Crippen LogP contribution in [0.1, 0.15) is 63.8 Å². The molecular weight excluding hydrogens is 423 g/mol. The van der Waals surface area contributed by atoms with Crippen LogP contribution in [-0.2, 0) is 20.4 Å². The van der Waals surface area contributed by atoms with Gasteiger partial charge in [-0.25, -0.2) is 9.59 Å². The van der Waals surface area contributed by atoms with Gasteiger partial charge >= 0.3 is 11.9 Å². The molecule has 0 N–H and O–H groups in total. The summed E-state index contributed by atoms with van der Waals surface area (Å²) in [6.07, 6.45) is 0. The van der Waals surface area contributed by atoms with Crippen LogP contribution in [-0.4, -0.2) is 11.9 Å². The number of hydrogen-bond donors (Lipinski definition) is 0. The van der Waals surface area contributed by atoms with Gasteiger partial charge in [-0.3, -0.25) is 0 Å². The van der Waals surface area contributed by atoms with Gasteiger partial charge in [0.1, 0.15) is 11.5 Å². The number of hydrogen-bond acceptors (Lipinski definition) is 4. The molecule has 4 nitrogen and oxygen atoms in total. The van der Waals surface area contributed by atoms with Gasteiger partial charge in [-0.05, 0) is 35.1 Å². The van der Waals surface area contributed by atoms with Gasteiger partial charge in [0.25, 0.3) is 0 Å². The van der Waals surface area contributed by atoms with Gasteiger partial charge in [-0.2, -0.15) is 0 Å². The van der Waals surface area contributed by atoms with E-state index < -0.39 is 11.9 Å². The van der Waals surface area contributed by atoms with Crippen molar-refractivity contribution in [2.75, 3.05) is 0 Å². The van der Waals surface area contributed by atoms with Crippen LogP contribution in [0.15, 0.2) is 24.3 Å². The summed E-state index contributed by atoms with van der Waals surface area (Å²) in [7, 11) is 0. The summed E-state index contributed by atoms with van der Waals surface area (Å²) in [5.41, 5.74) is 2.26. The third kappa shape index (κ3) is 3.23. The molecule has 4 rings (SSSR count). The van der Waals surface area contributed by atoms with E-state index >= 15 is 0 Å². The van der Waals surface area contributed by atoms with Gasteiger partial charge in [0.2, 0.25) is 0 Å². The van der Waals surface area contributed by atoms with Gasteiger partial charge in [-0.15, -0.1) is 0 Å². The zero-order chi connectivity index (χ0) is 22.2. The molecule has 2 aliphatic heterocycles. The van der Waals surface area contributed by atoms with Crippen LogP contribution in [0.4, 0.5) is 0 Å². The summed E-state index contributed by atoms with van der Waals surface area (Å²) < 4.78 is 11.3. The van der Waals surface area contributed by atoms with Crippen molar-refractivity contribution in [2.24, 2.45) is 0 Å². The highest BCUT2D eigenvalue weighted by Gasteiger charge is 2.42. The predicted octanol–water partition coefficient (Wildman–Crippen LogP) is 6.34. The van der Waals surface area contributed by atoms with Crippen molar-refractivity contribution in [2.45, 2.75) is 52.4 Å². The van der Waals surface area contributed by atoms with E-state index in [2.05, 4.69) is 0 Å². The molecule has 2 aromatic carbocycles. The number of halogens is 2. The Morgan fingerprint density at radius 3 is 1.27 bits per heavy atom. The van der Waals surface area contributed by atoms with Crippen LogP contribution in [0, 0.1) is 0 Å². The summed E-state index contributed by atoms with van der Waals surface area (Å²) in [6, 6.07) is 6.88. The predicted molar refractivity (Wildman–Crippen MR) is 118 cm³/mol. The first kappa shape index (κ1) is 21.0. The second-order valence-corrected chi connectivity index (χ2v) is 10.6. The van der Waals surface area contributed by atoms with Gasteiger partial charge in [0.05, 0.1) is 11.1 Å². The third-order valence-electron chi connectivity index (χ3n) is 5.31. The molecule has 30 heavy (non-hydrogen) atoms. The fourth-order valence-electron chi connectivity index (χ4n) is 3.87. The largest absolute Gasteiger partial charge is 0.422 e. The van der Waals surface area contributed by atoms with E-state index in [1.165, 1.54) is 0 Å². The quantitative estimate of drug-likeness (QED) is 0.270. The zero-order valence-corrected chi connectivity index (χ0v) is 19.2. The molecule has 6 heteroatoms. The van der Waals surface area contributed by atoms with Gasteiger partial charge in [0, 0.05) is 32.3 Å². The highest BCUT2D eigenvalue weighted by Crippen LogP contribution is 2.51. The minimum absolute atomic E-state index is 0.156. The van der Waals surface area contributed by atoms with Crippen molar-refractivity contribution in [3.8, 4) is 11.5 Å². The molecule has 2 heterocycles. The first-order chi connectivity index (χ1) is 13.8. The maximum absolute atomic E-state index is 13.0. The van der Waals surface area contributed by atoms with Crippen molar-refractivity contribution in [1.82, 2.24) is 0 Å². The average Bonchev–Trinajstić information content (AvgIpc) is 3.07. The molecule has 0 atom stereocenters. The lowest BCUT2D eigenvalue weighted by Crippen LogP contribution is -2.13. The number of esters is 2. The van der Waals surface area contributed by atoms with E-state index in [1.807, 2.05) is 41.5 Å². The number of carbonyl (C=O) groups excluding carboxylic acids is 2. The Kier molecular flexibility index (Phi) is 4.61. The molecule has 0 aliphatic carbocycles. The van der Waals surface area contributed by atoms with E-state index in [9.17, 15) is 9.59 Å². The van der Waals surface area contributed by atoms with E-state index in [1.54, 1.807) is 24.3 Å². The molecule has 0 bridgehead atoms. The zero-order valence-electron chi connectivity index (χ0n) is 17.7. The molecular formula is C24H22Cl2O4. The van der Waals surface area contributed by atoms with Crippen LogP contribution in [0.2, 0.25) is 10.0 Å². The SMILES string of the molecule is CC(C)(C)c1cc(Cl)cc2c1OC(=O)C2=C1C(=O)Oc2c1cc(Cl)cc2C(C)(C)C. The second-order valence-electron chi connectivity index (χ2n) is 9.69. The maximum atomic E-state index is 13.0. The molecule has 0 radical (unpaired) electrons. The van der Waals surface area contributed by atoms with Crippen LogP contribution < -0.4 is 9.47 Å². The summed E-state index contributed by atoms with van der Waals surface area (Å²) in [5.74, 6) is -0.345. The topological polar surface area (TPSA) is 52.6 Å². The van der Waals surface area contributed by atoms with Crippen molar-refractivity contribution >= 4 is 46.3 Å². The lowest BCUT2D eigenvalue weighted by Gasteiger charge is -2.21. The van der Waals surface area contributed by atoms with Crippen LogP contribution in [0.3, 0.4) is 0 Å². The molecule has 0 saturated heterocycles. The Morgan fingerprint density at radius 1 is 0.633 bits per heavy atom. The van der Waals surface area contributed by atoms with Crippen LogP contribution in [0.5, 0.6) is 11.5 Å². The third-order valence-corrected chi connectivity index (χ3v) is 5.75. The summed E-state index contributed by atoms with van der Waals surface area (Å²) in [4.78, 5) is 25.9. The molecule has 156 valence electrons. The molecule has 0 saturated carbocycles. The minimum atomic E-state index is -0.602. The summed E-state index contributed by atoms with van der Waals surface area (Å²) in [5, 5.41) is 0.922. The summed E-state index contributed by atoms with van der Waals surface area (Å²) >= 11 is 12.7. The number of carbonyl (C=O) groups is 2. The molecule has 0 aromatic heterocycles. The highest BCUT2D eigenvalue weighted by atomic mass is 35.5. The van der Waals surface area contributed by atoms with Gasteiger partial charge in [0.15, 0.2) is 0 Å². The Bertz CT molecular complexity index is 1070. The Labute approximate surface area is 185 Å². The highest BCUT2D eigenvalue weighted by molar-refractivity contribution is 6.42. The fraction of sp³-hybridized carbons (Fsp3) is 0.333. The molecule has 0 unspecified atom stereocenters.